The number of nitrogens with zero attached hydrogens (tertiary/aromatic N) is 6. The lowest BCUT2D eigenvalue weighted by atomic mass is 9.94. The van der Waals surface area contributed by atoms with E-state index < -0.39 is 0 Å². The maximum Gasteiger partial charge on any atom is 0.226 e. The molecule has 10 nitrogen and oxygen atoms in total. The molecule has 0 aliphatic carbocycles. The van der Waals surface area contributed by atoms with E-state index in [-0.39, 0.29) is 29.8 Å². The van der Waals surface area contributed by atoms with Crippen LogP contribution >= 0.6 is 11.3 Å². The van der Waals surface area contributed by atoms with E-state index in [0.717, 1.165) is 56.8 Å². The highest BCUT2D eigenvalue weighted by Gasteiger charge is 2.26. The van der Waals surface area contributed by atoms with Gasteiger partial charge in [0.2, 0.25) is 16.2 Å². The van der Waals surface area contributed by atoms with Gasteiger partial charge in [0.15, 0.2) is 5.82 Å². The summed E-state index contributed by atoms with van der Waals surface area (Å²) in [6, 6.07) is 8.95. The van der Waals surface area contributed by atoms with Crippen molar-refractivity contribution in [1.82, 2.24) is 25.3 Å². The van der Waals surface area contributed by atoms with Crippen LogP contribution in [0.2, 0.25) is 0 Å². The smallest absolute Gasteiger partial charge is 0.226 e. The second kappa shape index (κ2) is 12.6. The molecule has 2 aliphatic rings. The van der Waals surface area contributed by atoms with Gasteiger partial charge in [-0.2, -0.15) is 5.10 Å². The molecule has 1 amide bonds. The van der Waals surface area contributed by atoms with E-state index in [2.05, 4.69) is 40.8 Å². The van der Waals surface area contributed by atoms with Crippen LogP contribution in [0.5, 0.6) is 5.75 Å². The van der Waals surface area contributed by atoms with Crippen LogP contribution in [0.3, 0.4) is 0 Å². The number of halogens is 1. The van der Waals surface area contributed by atoms with Gasteiger partial charge in [0.05, 0.1) is 6.10 Å². The summed E-state index contributed by atoms with van der Waals surface area (Å²) in [6.45, 7) is 7.89. The van der Waals surface area contributed by atoms with Crippen molar-refractivity contribution in [3.05, 3.63) is 47.9 Å². The molecule has 12 heteroatoms. The van der Waals surface area contributed by atoms with E-state index in [1.165, 1.54) is 17.4 Å². The number of amides is 1. The lowest BCUT2D eigenvalue weighted by molar-refractivity contribution is -0.117. The second-order valence-corrected chi connectivity index (χ2v) is 11.5. The summed E-state index contributed by atoms with van der Waals surface area (Å²) in [5.74, 6) is 1.30. The van der Waals surface area contributed by atoms with Gasteiger partial charge in [0.1, 0.15) is 11.6 Å². The van der Waals surface area contributed by atoms with Crippen LogP contribution in [0, 0.1) is 11.7 Å². The number of carbonyl (C=O) groups is 1. The summed E-state index contributed by atoms with van der Waals surface area (Å²) in [5, 5.41) is 24.0. The number of hydrogen-bond donors (Lipinski definition) is 2. The molecule has 0 saturated carbocycles. The molecule has 208 valence electrons. The van der Waals surface area contributed by atoms with Crippen molar-refractivity contribution in [3.8, 4) is 5.75 Å². The summed E-state index contributed by atoms with van der Waals surface area (Å²) in [5.41, 5.74) is 0.881. The zero-order valence-electron chi connectivity index (χ0n) is 22.3. The molecule has 2 aliphatic heterocycles. The number of anilines is 3. The van der Waals surface area contributed by atoms with Gasteiger partial charge in [-0.25, -0.2) is 4.39 Å². The Bertz CT molecular complexity index is 1240. The Kier molecular flexibility index (Phi) is 8.82. The minimum absolute atomic E-state index is 0.0135. The van der Waals surface area contributed by atoms with E-state index in [1.807, 2.05) is 32.0 Å². The fourth-order valence-electron chi connectivity index (χ4n) is 5.26. The Labute approximate surface area is 232 Å². The molecule has 4 heterocycles. The highest BCUT2D eigenvalue weighted by molar-refractivity contribution is 7.19. The predicted molar refractivity (Wildman–Crippen MR) is 150 cm³/mol. The number of nitrogens with one attached hydrogen (secondary N) is 2. The molecule has 2 saturated heterocycles. The molecule has 2 N–H and O–H groups in total. The van der Waals surface area contributed by atoms with E-state index in [9.17, 15) is 9.18 Å². The van der Waals surface area contributed by atoms with E-state index in [0.29, 0.717) is 29.0 Å². The maximum atomic E-state index is 14.1. The highest BCUT2D eigenvalue weighted by atomic mass is 32.1. The van der Waals surface area contributed by atoms with Crippen LogP contribution in [-0.2, 0) is 11.3 Å². The zero-order chi connectivity index (χ0) is 27.2. The third-order valence-corrected chi connectivity index (χ3v) is 7.63. The zero-order valence-corrected chi connectivity index (χ0v) is 23.2. The molecule has 1 aromatic carbocycles. The first-order valence-electron chi connectivity index (χ1n) is 13.5. The molecule has 0 spiro atoms. The van der Waals surface area contributed by atoms with Crippen LogP contribution in [-0.4, -0.2) is 69.5 Å². The number of hydrogen-bond acceptors (Lipinski definition) is 10. The predicted octanol–water partition coefficient (Wildman–Crippen LogP) is 4.19. The van der Waals surface area contributed by atoms with E-state index in [1.54, 1.807) is 12.3 Å². The number of carbonyl (C=O) groups excluding carboxylic acids is 1. The molecule has 2 fully saturated rings. The van der Waals surface area contributed by atoms with Gasteiger partial charge in [-0.1, -0.05) is 11.3 Å². The molecule has 3 aromatic rings. The van der Waals surface area contributed by atoms with Gasteiger partial charge in [0.25, 0.3) is 0 Å². The SMILES string of the molecule is CC(C)Oc1cc(F)cc(CN2CCC[C@@H](CC(=O)Nc3nnc(N[C@@H]4CCN(c5cccnn5)C4)s3)C2)c1. The van der Waals surface area contributed by atoms with Crippen molar-refractivity contribution >= 4 is 33.3 Å². The lowest BCUT2D eigenvalue weighted by Gasteiger charge is -2.32. The van der Waals surface area contributed by atoms with Gasteiger partial charge in [-0.15, -0.1) is 15.3 Å². The number of aromatic nitrogens is 4. The van der Waals surface area contributed by atoms with Crippen molar-refractivity contribution in [1.29, 1.82) is 0 Å². The molecule has 0 bridgehead atoms. The third-order valence-electron chi connectivity index (χ3n) is 6.86. The van der Waals surface area contributed by atoms with Crippen LogP contribution in [0.25, 0.3) is 0 Å². The van der Waals surface area contributed by atoms with Crippen molar-refractivity contribution in [2.45, 2.75) is 58.2 Å². The maximum absolute atomic E-state index is 14.1. The molecule has 39 heavy (non-hydrogen) atoms. The number of piperidine rings is 1. The minimum atomic E-state index is -0.294. The van der Waals surface area contributed by atoms with Crippen molar-refractivity contribution in [2.24, 2.45) is 5.92 Å². The Hall–Kier alpha value is -3.38. The van der Waals surface area contributed by atoms with E-state index >= 15 is 0 Å². The largest absolute Gasteiger partial charge is 0.491 e. The standard InChI is InChI=1S/C27H35FN8O2S/c1-18(2)38-23-12-20(11-21(28)14-23)16-35-9-4-5-19(15-35)13-25(37)31-27-34-33-26(39-27)30-22-7-10-36(17-22)24-6-3-8-29-32-24/h3,6,8,11-12,14,18-19,22H,4-5,7,9-10,13,15-17H2,1-2H3,(H,30,33)(H,31,34,37)/t19-,22+/m0/s1. The summed E-state index contributed by atoms with van der Waals surface area (Å²) in [6.07, 6.45) is 5.02. The summed E-state index contributed by atoms with van der Waals surface area (Å²) in [7, 11) is 0. The fraction of sp³-hybridized carbons (Fsp3) is 0.519. The first kappa shape index (κ1) is 27.2. The first-order chi connectivity index (χ1) is 18.9. The van der Waals surface area contributed by atoms with Gasteiger partial charge in [-0.05, 0) is 75.4 Å². The molecule has 2 aromatic heterocycles. The quantitative estimate of drug-likeness (QED) is 0.381. The van der Waals surface area contributed by atoms with Crippen molar-refractivity contribution in [2.75, 3.05) is 41.7 Å². The Morgan fingerprint density at radius 2 is 2.03 bits per heavy atom. The number of benzene rings is 1. The molecule has 5 rings (SSSR count). The number of likely N-dealkylation sites (tertiary alicyclic amines) is 1. The van der Waals surface area contributed by atoms with E-state index in [4.69, 9.17) is 4.74 Å². The van der Waals surface area contributed by atoms with Gasteiger partial charge in [-0.3, -0.25) is 9.69 Å². The fourth-order valence-corrected chi connectivity index (χ4v) is 6.00. The molecule has 2 atom stereocenters. The molecular weight excluding hydrogens is 519 g/mol. The Morgan fingerprint density at radius 3 is 2.85 bits per heavy atom. The highest BCUT2D eigenvalue weighted by Crippen LogP contribution is 2.27. The van der Waals surface area contributed by atoms with Crippen LogP contribution < -0.4 is 20.3 Å². The van der Waals surface area contributed by atoms with Gasteiger partial charge >= 0.3 is 0 Å². The Morgan fingerprint density at radius 1 is 1.15 bits per heavy atom. The Balaban J connectivity index is 1.08. The molecule has 0 radical (unpaired) electrons. The van der Waals surface area contributed by atoms with Crippen LogP contribution in [0.4, 0.5) is 20.5 Å². The summed E-state index contributed by atoms with van der Waals surface area (Å²) < 4.78 is 19.8. The lowest BCUT2D eigenvalue weighted by Crippen LogP contribution is -2.36. The van der Waals surface area contributed by atoms with Crippen molar-refractivity contribution < 1.29 is 13.9 Å². The average Bonchev–Trinajstić information content (AvgIpc) is 3.54. The van der Waals surface area contributed by atoms with Crippen LogP contribution in [0.1, 0.15) is 45.1 Å². The van der Waals surface area contributed by atoms with Gasteiger partial charge < -0.3 is 20.3 Å². The second-order valence-electron chi connectivity index (χ2n) is 10.5. The van der Waals surface area contributed by atoms with Crippen molar-refractivity contribution in [3.63, 3.8) is 0 Å². The average molecular weight is 555 g/mol. The number of ether oxygens (including phenoxy) is 1. The molecular formula is C27H35FN8O2S. The number of rotatable bonds is 10. The summed E-state index contributed by atoms with van der Waals surface area (Å²) >= 11 is 1.35. The first-order valence-corrected chi connectivity index (χ1v) is 14.3. The topological polar surface area (TPSA) is 108 Å². The molecule has 0 unspecified atom stereocenters. The third kappa shape index (κ3) is 7.82. The minimum Gasteiger partial charge on any atom is -0.491 e. The normalized spacial score (nSPS) is 19.8. The monoisotopic (exact) mass is 554 g/mol. The van der Waals surface area contributed by atoms with Crippen LogP contribution in [0.15, 0.2) is 36.5 Å². The van der Waals surface area contributed by atoms with Gasteiger partial charge in [0, 0.05) is 50.9 Å². The summed E-state index contributed by atoms with van der Waals surface area (Å²) in [4.78, 5) is 17.3.